The van der Waals surface area contributed by atoms with Gasteiger partial charge < -0.3 is 9.88 Å². The number of H-pyrrole nitrogens is 1. The Labute approximate surface area is 129 Å². The average molecular weight is 320 g/mol. The molecule has 1 N–H and O–H groups in total. The SMILES string of the molecule is Cc1nc(N2CCCC3(CCS(=O)(=O)C3)C2)c2cc[nH]c2n1. The van der Waals surface area contributed by atoms with Gasteiger partial charge in [0.2, 0.25) is 0 Å². The van der Waals surface area contributed by atoms with Gasteiger partial charge in [-0.1, -0.05) is 0 Å². The molecule has 1 atom stereocenters. The van der Waals surface area contributed by atoms with Crippen molar-refractivity contribution in [1.82, 2.24) is 15.0 Å². The number of piperidine rings is 1. The van der Waals surface area contributed by atoms with Crippen molar-refractivity contribution >= 4 is 26.7 Å². The van der Waals surface area contributed by atoms with Gasteiger partial charge >= 0.3 is 0 Å². The summed E-state index contributed by atoms with van der Waals surface area (Å²) in [4.78, 5) is 14.4. The summed E-state index contributed by atoms with van der Waals surface area (Å²) in [5.74, 6) is 2.34. The molecule has 0 aromatic carbocycles. The lowest BCUT2D eigenvalue weighted by molar-refractivity contribution is 0.269. The summed E-state index contributed by atoms with van der Waals surface area (Å²) in [6, 6.07) is 2.00. The van der Waals surface area contributed by atoms with Gasteiger partial charge in [-0.15, -0.1) is 0 Å². The molecule has 118 valence electrons. The smallest absolute Gasteiger partial charge is 0.150 e. The Morgan fingerprint density at radius 3 is 2.95 bits per heavy atom. The fourth-order valence-corrected chi connectivity index (χ4v) is 6.17. The van der Waals surface area contributed by atoms with E-state index in [0.29, 0.717) is 11.5 Å². The zero-order valence-electron chi connectivity index (χ0n) is 12.7. The minimum absolute atomic E-state index is 0.0848. The molecule has 0 amide bonds. The minimum Gasteiger partial charge on any atom is -0.355 e. The van der Waals surface area contributed by atoms with Crippen LogP contribution in [0, 0.1) is 12.3 Å². The van der Waals surface area contributed by atoms with Gasteiger partial charge in [-0.2, -0.15) is 0 Å². The fourth-order valence-electron chi connectivity index (χ4n) is 3.97. The zero-order chi connectivity index (χ0) is 15.4. The highest BCUT2D eigenvalue weighted by atomic mass is 32.2. The molecule has 2 aromatic heterocycles. The molecule has 2 aliphatic heterocycles. The van der Waals surface area contributed by atoms with Crippen molar-refractivity contribution in [2.75, 3.05) is 29.5 Å². The van der Waals surface area contributed by atoms with Crippen LogP contribution in [-0.2, 0) is 9.84 Å². The van der Waals surface area contributed by atoms with Crippen LogP contribution < -0.4 is 4.90 Å². The highest BCUT2D eigenvalue weighted by molar-refractivity contribution is 7.91. The van der Waals surface area contributed by atoms with Crippen molar-refractivity contribution in [1.29, 1.82) is 0 Å². The van der Waals surface area contributed by atoms with E-state index < -0.39 is 9.84 Å². The first-order valence-electron chi connectivity index (χ1n) is 7.74. The second-order valence-corrected chi connectivity index (χ2v) is 8.89. The average Bonchev–Trinajstić information content (AvgIpc) is 3.02. The Morgan fingerprint density at radius 2 is 2.18 bits per heavy atom. The normalized spacial score (nSPS) is 27.8. The maximum atomic E-state index is 11.9. The van der Waals surface area contributed by atoms with Crippen LogP contribution in [0.3, 0.4) is 0 Å². The van der Waals surface area contributed by atoms with Crippen LogP contribution >= 0.6 is 0 Å². The summed E-state index contributed by atoms with van der Waals surface area (Å²) in [7, 11) is -2.87. The number of sulfone groups is 1. The van der Waals surface area contributed by atoms with E-state index in [2.05, 4.69) is 19.9 Å². The Bertz CT molecular complexity index is 829. The molecule has 2 saturated heterocycles. The van der Waals surface area contributed by atoms with Crippen LogP contribution in [0.5, 0.6) is 0 Å². The standard InChI is InChI=1S/C15H20N4O2S/c1-11-17-13-12(3-6-16-13)14(18-11)19-7-2-4-15(9-19)5-8-22(20,21)10-15/h3,6H,2,4-5,7-10H2,1H3,(H,16,17,18). The third-order valence-corrected chi connectivity index (χ3v) is 6.82. The van der Waals surface area contributed by atoms with Crippen LogP contribution in [-0.4, -0.2) is 48.0 Å². The topological polar surface area (TPSA) is 79.0 Å². The molecule has 0 saturated carbocycles. The number of rotatable bonds is 1. The van der Waals surface area contributed by atoms with Gasteiger partial charge in [0, 0.05) is 24.7 Å². The van der Waals surface area contributed by atoms with Gasteiger partial charge in [0.1, 0.15) is 17.3 Å². The minimum atomic E-state index is -2.87. The van der Waals surface area contributed by atoms with Gasteiger partial charge in [0.25, 0.3) is 0 Å². The lowest BCUT2D eigenvalue weighted by Gasteiger charge is -2.40. The molecule has 1 unspecified atom stereocenters. The molecule has 0 aliphatic carbocycles. The lowest BCUT2D eigenvalue weighted by atomic mass is 9.79. The number of aromatic nitrogens is 3. The summed E-state index contributed by atoms with van der Waals surface area (Å²) in [5.41, 5.74) is 0.764. The molecular weight excluding hydrogens is 300 g/mol. The van der Waals surface area contributed by atoms with E-state index in [1.165, 1.54) is 0 Å². The van der Waals surface area contributed by atoms with Crippen LogP contribution in [0.25, 0.3) is 11.0 Å². The molecule has 6 nitrogen and oxygen atoms in total. The Hall–Kier alpha value is -1.63. The van der Waals surface area contributed by atoms with E-state index in [9.17, 15) is 8.42 Å². The predicted molar refractivity (Wildman–Crippen MR) is 85.8 cm³/mol. The fraction of sp³-hybridized carbons (Fsp3) is 0.600. The second-order valence-electron chi connectivity index (χ2n) is 6.70. The number of aromatic amines is 1. The molecule has 4 rings (SSSR count). The molecule has 0 bridgehead atoms. The largest absolute Gasteiger partial charge is 0.355 e. The number of hydrogen-bond acceptors (Lipinski definition) is 5. The van der Waals surface area contributed by atoms with Gasteiger partial charge in [-0.05, 0) is 32.3 Å². The summed E-state index contributed by atoms with van der Waals surface area (Å²) >= 11 is 0. The molecule has 2 fully saturated rings. The monoisotopic (exact) mass is 320 g/mol. The third-order valence-electron chi connectivity index (χ3n) is 4.94. The maximum Gasteiger partial charge on any atom is 0.150 e. The van der Waals surface area contributed by atoms with Gasteiger partial charge in [0.15, 0.2) is 9.84 Å². The molecule has 0 radical (unpaired) electrons. The molecule has 22 heavy (non-hydrogen) atoms. The Kier molecular flexibility index (Phi) is 2.98. The van der Waals surface area contributed by atoms with Crippen LogP contribution in [0.4, 0.5) is 5.82 Å². The van der Waals surface area contributed by atoms with Crippen molar-refractivity contribution in [2.24, 2.45) is 5.41 Å². The van der Waals surface area contributed by atoms with Crippen molar-refractivity contribution in [3.63, 3.8) is 0 Å². The zero-order valence-corrected chi connectivity index (χ0v) is 13.5. The van der Waals surface area contributed by atoms with E-state index in [1.807, 2.05) is 19.2 Å². The first-order chi connectivity index (χ1) is 10.5. The first-order valence-corrected chi connectivity index (χ1v) is 9.56. The van der Waals surface area contributed by atoms with Crippen molar-refractivity contribution in [3.8, 4) is 0 Å². The van der Waals surface area contributed by atoms with E-state index >= 15 is 0 Å². The predicted octanol–water partition coefficient (Wildman–Crippen LogP) is 1.67. The van der Waals surface area contributed by atoms with Crippen molar-refractivity contribution in [2.45, 2.75) is 26.2 Å². The maximum absolute atomic E-state index is 11.9. The highest BCUT2D eigenvalue weighted by Crippen LogP contribution is 2.41. The van der Waals surface area contributed by atoms with E-state index in [0.717, 1.165) is 55.0 Å². The van der Waals surface area contributed by atoms with Crippen molar-refractivity contribution in [3.05, 3.63) is 18.1 Å². The van der Waals surface area contributed by atoms with E-state index in [4.69, 9.17) is 0 Å². The number of anilines is 1. The molecular formula is C15H20N4O2S. The number of nitrogens with zero attached hydrogens (tertiary/aromatic N) is 3. The highest BCUT2D eigenvalue weighted by Gasteiger charge is 2.45. The molecule has 7 heteroatoms. The second kappa shape index (κ2) is 4.68. The quantitative estimate of drug-likeness (QED) is 0.864. The Morgan fingerprint density at radius 1 is 1.32 bits per heavy atom. The van der Waals surface area contributed by atoms with Crippen LogP contribution in [0.1, 0.15) is 25.1 Å². The van der Waals surface area contributed by atoms with Crippen LogP contribution in [0.2, 0.25) is 0 Å². The van der Waals surface area contributed by atoms with E-state index in [1.54, 1.807) is 0 Å². The summed E-state index contributed by atoms with van der Waals surface area (Å²) < 4.78 is 23.8. The van der Waals surface area contributed by atoms with Gasteiger partial charge in [-0.25, -0.2) is 18.4 Å². The van der Waals surface area contributed by atoms with Crippen LogP contribution in [0.15, 0.2) is 12.3 Å². The number of fused-ring (bicyclic) bond motifs is 1. The van der Waals surface area contributed by atoms with Gasteiger partial charge in [0.05, 0.1) is 16.9 Å². The molecule has 1 spiro atoms. The molecule has 2 aliphatic rings. The Balaban J connectivity index is 1.72. The number of hydrogen-bond donors (Lipinski definition) is 1. The lowest BCUT2D eigenvalue weighted by Crippen LogP contribution is -2.44. The summed E-state index contributed by atoms with van der Waals surface area (Å²) in [5, 5.41) is 1.02. The summed E-state index contributed by atoms with van der Waals surface area (Å²) in [6.07, 6.45) is 4.68. The van der Waals surface area contributed by atoms with Gasteiger partial charge in [-0.3, -0.25) is 0 Å². The van der Waals surface area contributed by atoms with Crippen molar-refractivity contribution < 1.29 is 8.42 Å². The first kappa shape index (κ1) is 14.0. The number of aryl methyl sites for hydroxylation is 1. The third kappa shape index (κ3) is 2.27. The molecule has 4 heterocycles. The number of nitrogens with one attached hydrogen (secondary N) is 1. The molecule has 2 aromatic rings. The summed E-state index contributed by atoms with van der Waals surface area (Å²) in [6.45, 7) is 3.60. The van der Waals surface area contributed by atoms with E-state index in [-0.39, 0.29) is 5.41 Å².